The Morgan fingerprint density at radius 3 is 2.38 bits per heavy atom. The molecule has 3 aromatic rings. The summed E-state index contributed by atoms with van der Waals surface area (Å²) in [5.41, 5.74) is 9.30. The van der Waals surface area contributed by atoms with E-state index in [9.17, 15) is 9.18 Å². The van der Waals surface area contributed by atoms with Crippen molar-refractivity contribution in [2.24, 2.45) is 10.7 Å². The Morgan fingerprint density at radius 2 is 1.73 bits per heavy atom. The van der Waals surface area contributed by atoms with Gasteiger partial charge in [-0.25, -0.2) is 9.38 Å². The van der Waals surface area contributed by atoms with E-state index in [0.29, 0.717) is 23.5 Å². The van der Waals surface area contributed by atoms with E-state index in [0.717, 1.165) is 69.2 Å². The van der Waals surface area contributed by atoms with E-state index in [1.165, 1.54) is 23.5 Å². The second kappa shape index (κ2) is 11.3. The molecule has 2 fully saturated rings. The second-order valence-electron chi connectivity index (χ2n) is 9.66. The number of carbonyl (C=O) groups is 1. The van der Waals surface area contributed by atoms with Crippen molar-refractivity contribution in [1.82, 2.24) is 9.47 Å². The number of aromatic nitrogens is 1. The van der Waals surface area contributed by atoms with Gasteiger partial charge >= 0.3 is 0 Å². The number of hydrogen-bond acceptors (Lipinski definition) is 7. The van der Waals surface area contributed by atoms with Crippen LogP contribution in [0.15, 0.2) is 58.9 Å². The van der Waals surface area contributed by atoms with Crippen molar-refractivity contribution in [3.05, 3.63) is 64.5 Å². The van der Waals surface area contributed by atoms with Crippen LogP contribution < -0.4 is 15.4 Å². The van der Waals surface area contributed by atoms with Gasteiger partial charge in [0.2, 0.25) is 0 Å². The highest BCUT2D eigenvalue weighted by Crippen LogP contribution is 2.29. The molecule has 1 unspecified atom stereocenters. The maximum Gasteiger partial charge on any atom is 0.192 e. The Kier molecular flexibility index (Phi) is 7.85. The number of ketones is 1. The Hall–Kier alpha value is -2.85. The summed E-state index contributed by atoms with van der Waals surface area (Å²) in [6, 6.07) is 14.4. The first-order valence-corrected chi connectivity index (χ1v) is 13.8. The summed E-state index contributed by atoms with van der Waals surface area (Å²) in [4.78, 5) is 23.6. The van der Waals surface area contributed by atoms with Crippen LogP contribution in [-0.4, -0.2) is 61.2 Å². The monoisotopic (exact) mass is 523 g/mol. The fraction of sp³-hybridized carbons (Fsp3) is 0.429. The largest absolute Gasteiger partial charge is 0.378 e. The molecule has 196 valence electrons. The average molecular weight is 524 g/mol. The SMILES string of the molecule is CCC(N)(C(=O)CN1CCCC1)n1c(-c2ccc(N3CCOCC3)cc2)csc1=Nc1ccc(F)cc1. The molecule has 0 aliphatic carbocycles. The molecule has 0 spiro atoms. The van der Waals surface area contributed by atoms with Gasteiger partial charge < -0.3 is 15.4 Å². The molecular weight excluding hydrogens is 489 g/mol. The molecular formula is C28H34FN5O2S. The number of halogens is 1. The summed E-state index contributed by atoms with van der Waals surface area (Å²) in [7, 11) is 0. The first-order chi connectivity index (χ1) is 18.0. The smallest absolute Gasteiger partial charge is 0.192 e. The van der Waals surface area contributed by atoms with Gasteiger partial charge in [0.1, 0.15) is 5.82 Å². The van der Waals surface area contributed by atoms with Crippen molar-refractivity contribution in [2.45, 2.75) is 31.8 Å². The number of benzene rings is 2. The van der Waals surface area contributed by atoms with Crippen LogP contribution in [0.25, 0.3) is 11.3 Å². The predicted octanol–water partition coefficient (Wildman–Crippen LogP) is 4.11. The number of likely N-dealkylation sites (tertiary alicyclic amines) is 1. The summed E-state index contributed by atoms with van der Waals surface area (Å²) in [5, 5.41) is 2.01. The normalized spacial score (nSPS) is 18.8. The zero-order valence-corrected chi connectivity index (χ0v) is 22.1. The molecule has 2 aliphatic heterocycles. The van der Waals surface area contributed by atoms with E-state index in [4.69, 9.17) is 15.5 Å². The number of morpholine rings is 1. The summed E-state index contributed by atoms with van der Waals surface area (Å²) >= 11 is 1.43. The van der Waals surface area contributed by atoms with Gasteiger partial charge in [-0.1, -0.05) is 19.1 Å². The molecule has 5 rings (SSSR count). The zero-order chi connectivity index (χ0) is 25.8. The third-order valence-electron chi connectivity index (χ3n) is 7.29. The zero-order valence-electron chi connectivity index (χ0n) is 21.2. The standard InChI is InChI=1S/C28H34FN5O2S/c1-2-28(30,26(35)19-32-13-3-4-14-32)34-25(20-37-27(34)31-23-9-7-22(29)8-10-23)21-5-11-24(12-6-21)33-15-17-36-18-16-33/h5-12,20H,2-4,13-19,30H2,1H3. The van der Waals surface area contributed by atoms with Gasteiger partial charge in [-0.3, -0.25) is 14.3 Å². The van der Waals surface area contributed by atoms with Gasteiger partial charge in [-0.15, -0.1) is 11.3 Å². The number of hydrogen-bond donors (Lipinski definition) is 1. The first kappa shape index (κ1) is 25.8. The molecule has 0 bridgehead atoms. The van der Waals surface area contributed by atoms with Crippen LogP contribution in [-0.2, 0) is 15.2 Å². The predicted molar refractivity (Wildman–Crippen MR) is 146 cm³/mol. The highest BCUT2D eigenvalue weighted by Gasteiger charge is 2.38. The number of nitrogens with zero attached hydrogens (tertiary/aromatic N) is 4. The Bertz CT molecular complexity index is 1280. The molecule has 7 nitrogen and oxygen atoms in total. The minimum atomic E-state index is -1.26. The number of carbonyl (C=O) groups excluding carboxylic acids is 1. The molecule has 2 aliphatic rings. The van der Waals surface area contributed by atoms with Crippen molar-refractivity contribution in [2.75, 3.05) is 50.8 Å². The van der Waals surface area contributed by atoms with E-state index < -0.39 is 5.66 Å². The highest BCUT2D eigenvalue weighted by atomic mass is 32.1. The van der Waals surface area contributed by atoms with Crippen LogP contribution in [0.2, 0.25) is 0 Å². The molecule has 3 heterocycles. The van der Waals surface area contributed by atoms with E-state index in [1.54, 1.807) is 12.1 Å². The molecule has 0 saturated carbocycles. The lowest BCUT2D eigenvalue weighted by atomic mass is 10.00. The van der Waals surface area contributed by atoms with E-state index in [1.807, 2.05) is 16.9 Å². The number of ether oxygens (including phenoxy) is 1. The van der Waals surface area contributed by atoms with Crippen molar-refractivity contribution in [1.29, 1.82) is 0 Å². The number of nitrogens with two attached hydrogens (primary N) is 1. The van der Waals surface area contributed by atoms with Crippen molar-refractivity contribution < 1.29 is 13.9 Å². The van der Waals surface area contributed by atoms with Crippen LogP contribution in [0.1, 0.15) is 26.2 Å². The van der Waals surface area contributed by atoms with E-state index in [2.05, 4.69) is 34.1 Å². The fourth-order valence-corrected chi connectivity index (χ4v) is 6.01. The highest BCUT2D eigenvalue weighted by molar-refractivity contribution is 7.07. The molecule has 2 aromatic carbocycles. The summed E-state index contributed by atoms with van der Waals surface area (Å²) in [6.45, 7) is 7.29. The van der Waals surface area contributed by atoms with Crippen LogP contribution in [0.5, 0.6) is 0 Å². The quantitative estimate of drug-likeness (QED) is 0.481. The molecule has 9 heteroatoms. The van der Waals surface area contributed by atoms with Gasteiger partial charge in [-0.05, 0) is 74.3 Å². The lowest BCUT2D eigenvalue weighted by Crippen LogP contribution is -2.56. The van der Waals surface area contributed by atoms with Crippen molar-refractivity contribution in [3.8, 4) is 11.3 Å². The minimum Gasteiger partial charge on any atom is -0.378 e. The minimum absolute atomic E-state index is 0.0259. The van der Waals surface area contributed by atoms with E-state index in [-0.39, 0.29) is 11.6 Å². The summed E-state index contributed by atoms with van der Waals surface area (Å²) in [6.07, 6.45) is 2.63. The first-order valence-electron chi connectivity index (χ1n) is 13.0. The van der Waals surface area contributed by atoms with Crippen LogP contribution in [0, 0.1) is 5.82 Å². The lowest BCUT2D eigenvalue weighted by Gasteiger charge is -2.32. The molecule has 1 atom stereocenters. The average Bonchev–Trinajstić information content (AvgIpc) is 3.60. The van der Waals surface area contributed by atoms with Gasteiger partial charge in [0.15, 0.2) is 16.2 Å². The van der Waals surface area contributed by atoms with E-state index >= 15 is 0 Å². The third-order valence-corrected chi connectivity index (χ3v) is 8.11. The number of rotatable bonds is 8. The number of thiazole rings is 1. The van der Waals surface area contributed by atoms with Gasteiger partial charge in [0.05, 0.1) is 31.1 Å². The number of anilines is 1. The Morgan fingerprint density at radius 1 is 1.05 bits per heavy atom. The maximum absolute atomic E-state index is 13.8. The summed E-state index contributed by atoms with van der Waals surface area (Å²) in [5.74, 6) is -0.344. The fourth-order valence-electron chi connectivity index (χ4n) is 5.03. The molecule has 0 amide bonds. The number of Topliss-reactive ketones (excluding diaryl/α,β-unsaturated/α-hetero) is 1. The molecule has 2 N–H and O–H groups in total. The van der Waals surface area contributed by atoms with Crippen molar-refractivity contribution in [3.63, 3.8) is 0 Å². The molecule has 2 saturated heterocycles. The van der Waals surface area contributed by atoms with Crippen LogP contribution in [0.4, 0.5) is 15.8 Å². The maximum atomic E-state index is 13.8. The summed E-state index contributed by atoms with van der Waals surface area (Å²) < 4.78 is 20.9. The van der Waals surface area contributed by atoms with Crippen LogP contribution >= 0.6 is 11.3 Å². The topological polar surface area (TPSA) is 76.1 Å². The lowest BCUT2D eigenvalue weighted by molar-refractivity contribution is -0.128. The van der Waals surface area contributed by atoms with Crippen LogP contribution in [0.3, 0.4) is 0 Å². The Labute approximate surface area is 221 Å². The van der Waals surface area contributed by atoms with Gasteiger partial charge in [-0.2, -0.15) is 0 Å². The third kappa shape index (κ3) is 5.55. The van der Waals surface area contributed by atoms with Crippen molar-refractivity contribution >= 4 is 28.5 Å². The second-order valence-corrected chi connectivity index (χ2v) is 10.5. The molecule has 1 aromatic heterocycles. The molecule has 37 heavy (non-hydrogen) atoms. The van der Waals surface area contributed by atoms with Gasteiger partial charge in [0.25, 0.3) is 0 Å². The Balaban J connectivity index is 1.57. The van der Waals surface area contributed by atoms with Gasteiger partial charge in [0, 0.05) is 24.2 Å². The molecule has 0 radical (unpaired) electrons.